The van der Waals surface area contributed by atoms with Gasteiger partial charge in [0.05, 0.1) is 24.1 Å². The lowest BCUT2D eigenvalue weighted by atomic mass is 9.88. The second kappa shape index (κ2) is 10.5. The van der Waals surface area contributed by atoms with E-state index in [1.54, 1.807) is 21.8 Å². The van der Waals surface area contributed by atoms with Crippen LogP contribution in [0.2, 0.25) is 0 Å². The molecule has 2 N–H and O–H groups in total. The van der Waals surface area contributed by atoms with E-state index in [-0.39, 0.29) is 18.9 Å². The number of nitrogens with zero attached hydrogens (tertiary/aromatic N) is 5. The first-order valence-corrected chi connectivity index (χ1v) is 15.0. The van der Waals surface area contributed by atoms with E-state index in [9.17, 15) is 9.18 Å². The Hall–Kier alpha value is -3.89. The van der Waals surface area contributed by atoms with Gasteiger partial charge in [0.25, 0.3) is 5.91 Å². The van der Waals surface area contributed by atoms with Crippen LogP contribution < -0.4 is 10.6 Å². The van der Waals surface area contributed by atoms with Gasteiger partial charge in [0.2, 0.25) is 0 Å². The molecule has 2 atom stereocenters. The summed E-state index contributed by atoms with van der Waals surface area (Å²) in [6, 6.07) is 10.3. The molecule has 2 aliphatic rings. The summed E-state index contributed by atoms with van der Waals surface area (Å²) >= 11 is 1.34. The molecule has 8 nitrogen and oxygen atoms in total. The van der Waals surface area contributed by atoms with Crippen LogP contribution in [0.5, 0.6) is 0 Å². The molecule has 1 unspecified atom stereocenters. The van der Waals surface area contributed by atoms with Gasteiger partial charge in [0.1, 0.15) is 6.17 Å². The minimum absolute atomic E-state index is 0.229. The van der Waals surface area contributed by atoms with Crippen molar-refractivity contribution in [3.63, 3.8) is 0 Å². The number of aryl methyl sites for hydroxylation is 2. The number of carbonyl (C=O) groups is 1. The predicted octanol–water partition coefficient (Wildman–Crippen LogP) is 5.56. The molecule has 1 amide bonds. The Morgan fingerprint density at radius 2 is 1.98 bits per heavy atom. The van der Waals surface area contributed by atoms with E-state index in [0.717, 1.165) is 51.9 Å². The standard InChI is InChI=1S/C31H32FN7OS/c1-18-13-24(22-5-3-20(4-6-22)21-7-9-33-10-8-21)19(2)27-25(18)16-39(37-27)29(30(40)36-31-34-11-12-41-31)28-26-14-23(32)15-38(26)17-35-28/h3-6,11-13,16-17,21,23,29,33H,7-10,14-15H2,1-2H3,(H,34,36,40)/t23-,29?/m1/s1. The first-order valence-electron chi connectivity index (χ1n) is 14.1. The third-order valence-corrected chi connectivity index (χ3v) is 9.22. The van der Waals surface area contributed by atoms with Crippen LogP contribution >= 0.6 is 11.3 Å². The molecule has 0 bridgehead atoms. The Kier molecular flexibility index (Phi) is 6.67. The zero-order valence-corrected chi connectivity index (χ0v) is 23.9. The van der Waals surface area contributed by atoms with E-state index < -0.39 is 12.2 Å². The number of benzene rings is 2. The molecule has 2 aromatic carbocycles. The summed E-state index contributed by atoms with van der Waals surface area (Å²) in [5.74, 6) is 0.302. The summed E-state index contributed by atoms with van der Waals surface area (Å²) in [5, 5.41) is 14.6. The van der Waals surface area contributed by atoms with Gasteiger partial charge in [-0.2, -0.15) is 5.10 Å². The fourth-order valence-corrected chi connectivity index (χ4v) is 6.89. The summed E-state index contributed by atoms with van der Waals surface area (Å²) < 4.78 is 17.8. The summed E-state index contributed by atoms with van der Waals surface area (Å²) in [4.78, 5) is 22.5. The van der Waals surface area contributed by atoms with Crippen LogP contribution in [0.3, 0.4) is 0 Å². The lowest BCUT2D eigenvalue weighted by Crippen LogP contribution is -2.28. The van der Waals surface area contributed by atoms with Crippen molar-refractivity contribution in [3.05, 3.63) is 82.5 Å². The van der Waals surface area contributed by atoms with Crippen molar-refractivity contribution in [2.45, 2.75) is 57.8 Å². The molecule has 0 aliphatic carbocycles. The Labute approximate surface area is 241 Å². The fraction of sp³-hybridized carbons (Fsp3) is 0.355. The maximum Gasteiger partial charge on any atom is 0.257 e. The number of rotatable bonds is 6. The van der Waals surface area contributed by atoms with Crippen LogP contribution in [0.25, 0.3) is 22.0 Å². The number of carbonyl (C=O) groups excluding carboxylic acids is 1. The molecular weight excluding hydrogens is 537 g/mol. The van der Waals surface area contributed by atoms with E-state index in [4.69, 9.17) is 5.10 Å². The molecular formula is C31H32FN7OS. The van der Waals surface area contributed by atoms with Gasteiger partial charge in [0.15, 0.2) is 11.2 Å². The molecule has 0 radical (unpaired) electrons. The lowest BCUT2D eigenvalue weighted by Gasteiger charge is -2.23. The average Bonchev–Trinajstić information content (AvgIpc) is 3.78. The van der Waals surface area contributed by atoms with Crippen LogP contribution in [0.15, 0.2) is 54.4 Å². The SMILES string of the molecule is Cc1cc(-c2ccc(C3CCNCC3)cc2)c(C)c2nn(C(C(=O)Nc3nccs3)c3ncn4c3C[C@@H](F)C4)cc12. The second-order valence-corrected chi connectivity index (χ2v) is 12.0. The topological polar surface area (TPSA) is 89.7 Å². The number of imidazole rings is 1. The highest BCUT2D eigenvalue weighted by Gasteiger charge is 2.34. The molecule has 10 heteroatoms. The van der Waals surface area contributed by atoms with Crippen LogP contribution in [-0.4, -0.2) is 49.5 Å². The molecule has 7 rings (SSSR count). The monoisotopic (exact) mass is 569 g/mol. The maximum absolute atomic E-state index is 14.3. The Bertz CT molecular complexity index is 1720. The lowest BCUT2D eigenvalue weighted by molar-refractivity contribution is -0.118. The Morgan fingerprint density at radius 3 is 2.73 bits per heavy atom. The minimum Gasteiger partial charge on any atom is -0.331 e. The number of anilines is 1. The summed E-state index contributed by atoms with van der Waals surface area (Å²) in [5.41, 5.74) is 7.91. The third kappa shape index (κ3) is 4.74. The maximum atomic E-state index is 14.3. The van der Waals surface area contributed by atoms with E-state index in [1.807, 2.05) is 11.6 Å². The number of amides is 1. The van der Waals surface area contributed by atoms with Crippen molar-refractivity contribution in [2.75, 3.05) is 18.4 Å². The van der Waals surface area contributed by atoms with Crippen molar-refractivity contribution in [1.29, 1.82) is 0 Å². The Balaban J connectivity index is 1.28. The number of halogens is 1. The van der Waals surface area contributed by atoms with Gasteiger partial charge in [-0.25, -0.2) is 14.4 Å². The van der Waals surface area contributed by atoms with E-state index in [0.29, 0.717) is 16.7 Å². The van der Waals surface area contributed by atoms with E-state index >= 15 is 0 Å². The molecule has 5 heterocycles. The largest absolute Gasteiger partial charge is 0.331 e. The number of hydrogen-bond acceptors (Lipinski definition) is 6. The summed E-state index contributed by atoms with van der Waals surface area (Å²) in [6.07, 6.45) is 6.77. The van der Waals surface area contributed by atoms with Crippen LogP contribution in [0.4, 0.5) is 9.52 Å². The van der Waals surface area contributed by atoms with E-state index in [2.05, 4.69) is 64.8 Å². The smallest absolute Gasteiger partial charge is 0.257 e. The number of thiazole rings is 1. The number of alkyl halides is 1. The highest BCUT2D eigenvalue weighted by atomic mass is 32.1. The van der Waals surface area contributed by atoms with Gasteiger partial charge in [0, 0.05) is 35.3 Å². The molecule has 2 aliphatic heterocycles. The zero-order chi connectivity index (χ0) is 28.1. The number of piperidine rings is 1. The first kappa shape index (κ1) is 26.0. The highest BCUT2D eigenvalue weighted by Crippen LogP contribution is 2.35. The number of aromatic nitrogens is 5. The number of fused-ring (bicyclic) bond motifs is 2. The van der Waals surface area contributed by atoms with Crippen LogP contribution in [0.1, 0.15) is 52.9 Å². The quantitative estimate of drug-likeness (QED) is 0.279. The normalized spacial score (nSPS) is 18.1. The first-order chi connectivity index (χ1) is 20.0. The van der Waals surface area contributed by atoms with Crippen molar-refractivity contribution in [3.8, 4) is 11.1 Å². The van der Waals surface area contributed by atoms with Gasteiger partial charge >= 0.3 is 0 Å². The summed E-state index contributed by atoms with van der Waals surface area (Å²) in [6.45, 7) is 6.56. The average molecular weight is 570 g/mol. The van der Waals surface area contributed by atoms with Gasteiger partial charge in [-0.1, -0.05) is 30.3 Å². The zero-order valence-electron chi connectivity index (χ0n) is 23.1. The van der Waals surface area contributed by atoms with Gasteiger partial charge in [-0.05, 0) is 73.5 Å². The predicted molar refractivity (Wildman–Crippen MR) is 159 cm³/mol. The minimum atomic E-state index is -0.987. The van der Waals surface area contributed by atoms with Crippen LogP contribution in [0, 0.1) is 13.8 Å². The molecule has 1 fully saturated rings. The number of hydrogen-bond donors (Lipinski definition) is 2. The summed E-state index contributed by atoms with van der Waals surface area (Å²) in [7, 11) is 0. The van der Waals surface area contributed by atoms with Crippen molar-refractivity contribution < 1.29 is 9.18 Å². The second-order valence-electron chi connectivity index (χ2n) is 11.1. The van der Waals surface area contributed by atoms with E-state index in [1.165, 1.54) is 29.7 Å². The highest BCUT2D eigenvalue weighted by molar-refractivity contribution is 7.13. The molecule has 0 spiro atoms. The fourth-order valence-electron chi connectivity index (χ4n) is 6.36. The van der Waals surface area contributed by atoms with Crippen molar-refractivity contribution >= 4 is 33.3 Å². The molecule has 1 saturated heterocycles. The number of nitrogens with one attached hydrogen (secondary N) is 2. The third-order valence-electron chi connectivity index (χ3n) is 8.53. The van der Waals surface area contributed by atoms with Gasteiger partial charge in [-0.3, -0.25) is 14.8 Å². The molecule has 5 aromatic rings. The van der Waals surface area contributed by atoms with Crippen molar-refractivity contribution in [2.24, 2.45) is 0 Å². The molecule has 41 heavy (non-hydrogen) atoms. The molecule has 210 valence electrons. The van der Waals surface area contributed by atoms with Crippen LogP contribution in [-0.2, 0) is 17.8 Å². The van der Waals surface area contributed by atoms with Gasteiger partial charge in [-0.15, -0.1) is 11.3 Å². The Morgan fingerprint density at radius 1 is 1.17 bits per heavy atom. The van der Waals surface area contributed by atoms with Gasteiger partial charge < -0.3 is 9.88 Å². The molecule has 3 aromatic heterocycles. The molecule has 0 saturated carbocycles. The van der Waals surface area contributed by atoms with Crippen molar-refractivity contribution in [1.82, 2.24) is 29.6 Å².